The molecule has 0 spiro atoms. The molecule has 0 aromatic rings. The molecule has 0 aromatic carbocycles. The second kappa shape index (κ2) is 4.49. The van der Waals surface area contributed by atoms with Gasteiger partial charge in [-0.15, -0.1) is 0 Å². The summed E-state index contributed by atoms with van der Waals surface area (Å²) in [5.74, 6) is -1.22. The number of carbonyl (C=O) groups excluding carboxylic acids is 2. The maximum Gasteiger partial charge on any atom is 0.375 e. The first-order chi connectivity index (χ1) is 5.00. The van der Waals surface area contributed by atoms with Crippen molar-refractivity contribution in [3.63, 3.8) is 0 Å². The first-order valence-corrected chi connectivity index (χ1v) is 4.18. The van der Waals surface area contributed by atoms with Crippen molar-refractivity contribution in [2.45, 2.75) is 18.7 Å². The van der Waals surface area contributed by atoms with Gasteiger partial charge in [-0.2, -0.15) is 0 Å². The van der Waals surface area contributed by atoms with E-state index in [9.17, 15) is 9.59 Å². The number of carbonyl (C=O) groups is 2. The molecule has 0 aliphatic carbocycles. The molecule has 0 fully saturated rings. The maximum atomic E-state index is 11.0. The van der Waals surface area contributed by atoms with Crippen molar-refractivity contribution < 1.29 is 14.3 Å². The molecule has 0 aromatic heterocycles. The third-order valence-corrected chi connectivity index (χ3v) is 2.70. The van der Waals surface area contributed by atoms with Crippen LogP contribution in [0, 0.1) is 5.92 Å². The van der Waals surface area contributed by atoms with Crippen molar-refractivity contribution in [1.82, 2.24) is 0 Å². The maximum absolute atomic E-state index is 11.0. The molecule has 0 saturated carbocycles. The molecule has 0 unspecified atom stereocenters. The van der Waals surface area contributed by atoms with E-state index in [1.807, 2.05) is 13.8 Å². The molecule has 0 radical (unpaired) electrons. The molecular formula is C7H11BrO3. The van der Waals surface area contributed by atoms with Crippen molar-refractivity contribution in [3.05, 3.63) is 0 Å². The number of halogens is 1. The highest BCUT2D eigenvalue weighted by molar-refractivity contribution is 9.10. The fraction of sp³-hybridized carbons (Fsp3) is 0.714. The molecule has 3 nitrogen and oxygen atoms in total. The van der Waals surface area contributed by atoms with Gasteiger partial charge >= 0.3 is 5.97 Å². The molecule has 1 atom stereocenters. The van der Waals surface area contributed by atoms with Crippen LogP contribution in [0.2, 0.25) is 0 Å². The summed E-state index contributed by atoms with van der Waals surface area (Å²) in [5, 5.41) is 0. The van der Waals surface area contributed by atoms with Gasteiger partial charge in [-0.1, -0.05) is 29.8 Å². The van der Waals surface area contributed by atoms with E-state index < -0.39 is 16.6 Å². The monoisotopic (exact) mass is 222 g/mol. The zero-order valence-corrected chi connectivity index (χ0v) is 8.34. The third-order valence-electron chi connectivity index (χ3n) is 1.22. The fourth-order valence-corrected chi connectivity index (χ4v) is 0.703. The SMILES string of the molecule is COC(=O)C(=O)[C@@H](Br)C(C)C. The first kappa shape index (κ1) is 10.6. The molecule has 0 rings (SSSR count). The smallest absolute Gasteiger partial charge is 0.375 e. The molecular weight excluding hydrogens is 212 g/mol. The topological polar surface area (TPSA) is 43.4 Å². The Morgan fingerprint density at radius 1 is 1.36 bits per heavy atom. The van der Waals surface area contributed by atoms with Crippen LogP contribution in [0.3, 0.4) is 0 Å². The Morgan fingerprint density at radius 2 is 1.82 bits per heavy atom. The standard InChI is InChI=1S/C7H11BrO3/c1-4(2)5(8)6(9)7(10)11-3/h4-5H,1-3H3/t5-/m0/s1. The Kier molecular flexibility index (Phi) is 4.33. The van der Waals surface area contributed by atoms with Crippen LogP contribution in [0.25, 0.3) is 0 Å². The van der Waals surface area contributed by atoms with Gasteiger partial charge in [0.1, 0.15) is 0 Å². The van der Waals surface area contributed by atoms with Crippen LogP contribution in [-0.4, -0.2) is 23.7 Å². The van der Waals surface area contributed by atoms with Crippen LogP contribution >= 0.6 is 15.9 Å². The fourth-order valence-electron chi connectivity index (χ4n) is 0.516. The van der Waals surface area contributed by atoms with E-state index in [1.165, 1.54) is 7.11 Å². The van der Waals surface area contributed by atoms with Gasteiger partial charge in [0.25, 0.3) is 5.78 Å². The molecule has 0 N–H and O–H groups in total. The Labute approximate surface area is 74.2 Å². The van der Waals surface area contributed by atoms with E-state index in [-0.39, 0.29) is 5.92 Å². The summed E-state index contributed by atoms with van der Waals surface area (Å²) < 4.78 is 4.26. The molecule has 0 heterocycles. The third kappa shape index (κ3) is 3.01. The Balaban J connectivity index is 4.14. The number of alkyl halides is 1. The number of ether oxygens (including phenoxy) is 1. The number of esters is 1. The van der Waals surface area contributed by atoms with E-state index in [4.69, 9.17) is 0 Å². The summed E-state index contributed by atoms with van der Waals surface area (Å²) in [6, 6.07) is 0. The zero-order chi connectivity index (χ0) is 9.02. The van der Waals surface area contributed by atoms with Crippen molar-refractivity contribution in [1.29, 1.82) is 0 Å². The molecule has 0 amide bonds. The highest BCUT2D eigenvalue weighted by Gasteiger charge is 2.25. The van der Waals surface area contributed by atoms with Crippen LogP contribution in [0.5, 0.6) is 0 Å². The first-order valence-electron chi connectivity index (χ1n) is 3.27. The molecule has 0 aliphatic rings. The van der Waals surface area contributed by atoms with Crippen molar-refractivity contribution in [2.24, 2.45) is 5.92 Å². The van der Waals surface area contributed by atoms with Gasteiger partial charge in [0, 0.05) is 0 Å². The van der Waals surface area contributed by atoms with Crippen LogP contribution in [0.1, 0.15) is 13.8 Å². The molecule has 0 saturated heterocycles. The summed E-state index contributed by atoms with van der Waals surface area (Å²) in [6.07, 6.45) is 0. The van der Waals surface area contributed by atoms with E-state index >= 15 is 0 Å². The van der Waals surface area contributed by atoms with Gasteiger partial charge in [0.05, 0.1) is 11.9 Å². The molecule has 11 heavy (non-hydrogen) atoms. The Morgan fingerprint density at radius 3 is 2.09 bits per heavy atom. The van der Waals surface area contributed by atoms with Crippen LogP contribution in [0.15, 0.2) is 0 Å². The number of rotatable bonds is 3. The molecule has 0 bridgehead atoms. The molecule has 4 heteroatoms. The second-order valence-electron chi connectivity index (χ2n) is 2.50. The average Bonchev–Trinajstić information content (AvgIpc) is 2.00. The van der Waals surface area contributed by atoms with E-state index in [2.05, 4.69) is 20.7 Å². The second-order valence-corrected chi connectivity index (χ2v) is 3.49. The number of methoxy groups -OCH3 is 1. The number of hydrogen-bond donors (Lipinski definition) is 0. The lowest BCUT2D eigenvalue weighted by Gasteiger charge is -2.09. The average molecular weight is 223 g/mol. The quantitative estimate of drug-likeness (QED) is 0.409. The summed E-state index contributed by atoms with van der Waals surface area (Å²) in [6.45, 7) is 3.69. The van der Waals surface area contributed by atoms with Gasteiger partial charge < -0.3 is 4.74 Å². The number of ketones is 1. The predicted molar refractivity (Wildman–Crippen MR) is 44.6 cm³/mol. The van der Waals surface area contributed by atoms with Crippen LogP contribution in [-0.2, 0) is 14.3 Å². The Hall–Kier alpha value is -0.380. The summed E-state index contributed by atoms with van der Waals surface area (Å²) >= 11 is 3.10. The van der Waals surface area contributed by atoms with Crippen molar-refractivity contribution in [2.75, 3.05) is 7.11 Å². The lowest BCUT2D eigenvalue weighted by Crippen LogP contribution is -2.28. The lowest BCUT2D eigenvalue weighted by atomic mass is 10.1. The van der Waals surface area contributed by atoms with E-state index in [0.29, 0.717) is 0 Å². The number of Topliss-reactive ketones (excluding diaryl/α,β-unsaturated/α-hetero) is 1. The van der Waals surface area contributed by atoms with Gasteiger partial charge in [-0.05, 0) is 5.92 Å². The summed E-state index contributed by atoms with van der Waals surface area (Å²) in [4.78, 5) is 21.2. The largest absolute Gasteiger partial charge is 0.463 e. The molecule has 0 aliphatic heterocycles. The van der Waals surface area contributed by atoms with E-state index in [0.717, 1.165) is 0 Å². The van der Waals surface area contributed by atoms with Gasteiger partial charge in [-0.3, -0.25) is 4.79 Å². The van der Waals surface area contributed by atoms with Crippen molar-refractivity contribution >= 4 is 27.7 Å². The minimum atomic E-state index is -0.791. The molecule has 64 valence electrons. The van der Waals surface area contributed by atoms with Gasteiger partial charge in [0.15, 0.2) is 0 Å². The lowest BCUT2D eigenvalue weighted by molar-refractivity contribution is -0.151. The highest BCUT2D eigenvalue weighted by atomic mass is 79.9. The van der Waals surface area contributed by atoms with Gasteiger partial charge in [-0.25, -0.2) is 4.79 Å². The van der Waals surface area contributed by atoms with Crippen LogP contribution in [0.4, 0.5) is 0 Å². The summed E-state index contributed by atoms with van der Waals surface area (Å²) in [5.41, 5.74) is 0. The minimum Gasteiger partial charge on any atom is -0.463 e. The summed E-state index contributed by atoms with van der Waals surface area (Å²) in [7, 11) is 1.19. The number of hydrogen-bond acceptors (Lipinski definition) is 3. The highest BCUT2D eigenvalue weighted by Crippen LogP contribution is 2.13. The predicted octanol–water partition coefficient (Wildman–Crippen LogP) is 1.15. The van der Waals surface area contributed by atoms with Crippen LogP contribution < -0.4 is 0 Å². The minimum absolute atomic E-state index is 0.0987. The van der Waals surface area contributed by atoms with Gasteiger partial charge in [0.2, 0.25) is 0 Å². The van der Waals surface area contributed by atoms with Crippen molar-refractivity contribution in [3.8, 4) is 0 Å². The Bertz CT molecular complexity index is 165. The zero-order valence-electron chi connectivity index (χ0n) is 6.76. The van der Waals surface area contributed by atoms with E-state index in [1.54, 1.807) is 0 Å². The normalized spacial score (nSPS) is 12.8.